The van der Waals surface area contributed by atoms with Gasteiger partial charge in [-0.05, 0) is 50.7 Å². The number of hydrogen-bond acceptors (Lipinski definition) is 4. The summed E-state index contributed by atoms with van der Waals surface area (Å²) < 4.78 is 5.22. The number of thiocarbonyl (C=S) groups is 1. The Bertz CT molecular complexity index is 730. The summed E-state index contributed by atoms with van der Waals surface area (Å²) in [5.41, 5.74) is 2.78. The van der Waals surface area contributed by atoms with Crippen molar-refractivity contribution >= 4 is 35.0 Å². The molecule has 0 fully saturated rings. The molecule has 0 unspecified atom stereocenters. The lowest BCUT2D eigenvalue weighted by atomic mass is 9.95. The van der Waals surface area contributed by atoms with Gasteiger partial charge in [-0.15, -0.1) is 0 Å². The molecule has 1 aromatic carbocycles. The molecule has 0 saturated carbocycles. The molecule has 2 amide bonds. The van der Waals surface area contributed by atoms with E-state index in [4.69, 9.17) is 17.0 Å². The first-order valence-electron chi connectivity index (χ1n) is 8.45. The number of carbonyl (C=O) groups excluding carboxylic acids is 2. The van der Waals surface area contributed by atoms with E-state index < -0.39 is 6.04 Å². The first-order valence-corrected chi connectivity index (χ1v) is 8.86. The van der Waals surface area contributed by atoms with Gasteiger partial charge in [0.2, 0.25) is 0 Å². The van der Waals surface area contributed by atoms with E-state index in [0.29, 0.717) is 29.5 Å². The highest BCUT2D eigenvalue weighted by molar-refractivity contribution is 7.80. The van der Waals surface area contributed by atoms with Crippen molar-refractivity contribution < 1.29 is 14.3 Å². The van der Waals surface area contributed by atoms with Crippen molar-refractivity contribution in [2.24, 2.45) is 0 Å². The molecule has 0 aromatic heterocycles. The Kier molecular flexibility index (Phi) is 6.57. The number of nitrogens with zero attached hydrogens (tertiary/aromatic N) is 1. The molecule has 0 saturated heterocycles. The minimum Gasteiger partial charge on any atom is -0.463 e. The molecule has 140 valence electrons. The molecule has 0 radical (unpaired) electrons. The summed E-state index contributed by atoms with van der Waals surface area (Å²) >= 11 is 5.36. The third kappa shape index (κ3) is 4.32. The molecule has 7 nitrogen and oxygen atoms in total. The maximum Gasteiger partial charge on any atom is 0.338 e. The quantitative estimate of drug-likeness (QED) is 0.541. The molecule has 8 heteroatoms. The van der Waals surface area contributed by atoms with Crippen LogP contribution >= 0.6 is 12.2 Å². The van der Waals surface area contributed by atoms with E-state index in [2.05, 4.69) is 16.0 Å². The number of allylic oxidation sites excluding steroid dienone is 1. The Morgan fingerprint density at radius 3 is 2.50 bits per heavy atom. The van der Waals surface area contributed by atoms with Crippen molar-refractivity contribution in [3.05, 3.63) is 41.1 Å². The summed E-state index contributed by atoms with van der Waals surface area (Å²) in [5.74, 6) is -0.374. The molecule has 2 rings (SSSR count). The number of carbonyl (C=O) groups is 2. The molecule has 0 aliphatic carbocycles. The lowest BCUT2D eigenvalue weighted by Crippen LogP contribution is -2.46. The van der Waals surface area contributed by atoms with Gasteiger partial charge in [-0.3, -0.25) is 0 Å². The van der Waals surface area contributed by atoms with E-state index in [1.165, 1.54) is 0 Å². The highest BCUT2D eigenvalue weighted by Crippen LogP contribution is 2.31. The average molecular weight is 376 g/mol. The normalized spacial score (nSPS) is 16.8. The second kappa shape index (κ2) is 8.66. The molecular weight excluding hydrogens is 352 g/mol. The van der Waals surface area contributed by atoms with Crippen LogP contribution in [-0.4, -0.2) is 42.2 Å². The number of anilines is 1. The Labute approximate surface area is 158 Å². The fourth-order valence-electron chi connectivity index (χ4n) is 2.65. The van der Waals surface area contributed by atoms with Gasteiger partial charge >= 0.3 is 12.0 Å². The zero-order chi connectivity index (χ0) is 19.3. The number of benzene rings is 1. The predicted octanol–water partition coefficient (Wildman–Crippen LogP) is 2.53. The topological polar surface area (TPSA) is 82.7 Å². The van der Waals surface area contributed by atoms with Crippen molar-refractivity contribution in [3.8, 4) is 0 Å². The average Bonchev–Trinajstić information content (AvgIpc) is 2.60. The standard InChI is InChI=1S/C18H24N4O3S/c1-5-19-17(24)20-13-9-7-12(8-10-13)15-14(16(23)25-6-2)11(3)22(4)18(26)21-15/h7-10,15H,5-6H2,1-4H3,(H,21,26)(H2,19,20,24)/t15-/m0/s1. The van der Waals surface area contributed by atoms with E-state index >= 15 is 0 Å². The van der Waals surface area contributed by atoms with E-state index in [0.717, 1.165) is 11.3 Å². The lowest BCUT2D eigenvalue weighted by Gasteiger charge is -2.35. The van der Waals surface area contributed by atoms with Crippen LogP contribution in [0.4, 0.5) is 10.5 Å². The first-order chi connectivity index (χ1) is 12.4. The van der Waals surface area contributed by atoms with E-state index in [9.17, 15) is 9.59 Å². The van der Waals surface area contributed by atoms with Gasteiger partial charge in [0, 0.05) is 25.0 Å². The van der Waals surface area contributed by atoms with Crippen LogP contribution in [0.25, 0.3) is 0 Å². The van der Waals surface area contributed by atoms with Gasteiger partial charge in [-0.2, -0.15) is 0 Å². The molecule has 1 aliphatic heterocycles. The van der Waals surface area contributed by atoms with E-state index in [1.54, 1.807) is 31.0 Å². The summed E-state index contributed by atoms with van der Waals surface area (Å²) in [5, 5.41) is 9.13. The summed E-state index contributed by atoms with van der Waals surface area (Å²) in [4.78, 5) is 25.8. The Hall–Kier alpha value is -2.61. The SMILES string of the molecule is CCNC(=O)Nc1ccc([C@@H]2NC(=S)N(C)C(C)=C2C(=O)OCC)cc1. The highest BCUT2D eigenvalue weighted by atomic mass is 32.1. The van der Waals surface area contributed by atoms with Crippen LogP contribution in [0.15, 0.2) is 35.5 Å². The molecule has 0 spiro atoms. The second-order valence-electron chi connectivity index (χ2n) is 5.77. The van der Waals surface area contributed by atoms with Gasteiger partial charge in [0.1, 0.15) is 0 Å². The zero-order valence-corrected chi connectivity index (χ0v) is 16.2. The number of urea groups is 1. The highest BCUT2D eigenvalue weighted by Gasteiger charge is 2.33. The minimum absolute atomic E-state index is 0.262. The van der Waals surface area contributed by atoms with Gasteiger partial charge < -0.3 is 25.6 Å². The van der Waals surface area contributed by atoms with Gasteiger partial charge in [-0.25, -0.2) is 9.59 Å². The first kappa shape index (κ1) is 19.7. The Morgan fingerprint density at radius 1 is 1.27 bits per heavy atom. The van der Waals surface area contributed by atoms with Crippen molar-refractivity contribution in [3.63, 3.8) is 0 Å². The van der Waals surface area contributed by atoms with Gasteiger partial charge in [0.05, 0.1) is 18.2 Å². The van der Waals surface area contributed by atoms with E-state index in [-0.39, 0.29) is 12.0 Å². The fourth-order valence-corrected chi connectivity index (χ4v) is 2.91. The summed E-state index contributed by atoms with van der Waals surface area (Å²) in [6, 6.07) is 6.59. The van der Waals surface area contributed by atoms with Crippen LogP contribution in [0, 0.1) is 0 Å². The number of nitrogens with one attached hydrogen (secondary N) is 3. The number of esters is 1. The third-order valence-corrected chi connectivity index (χ3v) is 4.48. The predicted molar refractivity (Wildman–Crippen MR) is 105 cm³/mol. The molecule has 1 aromatic rings. The maximum absolute atomic E-state index is 12.5. The smallest absolute Gasteiger partial charge is 0.338 e. The summed E-state index contributed by atoms with van der Waals surface area (Å²) in [7, 11) is 1.81. The molecule has 3 N–H and O–H groups in total. The number of amides is 2. The number of ether oxygens (including phenoxy) is 1. The van der Waals surface area contributed by atoms with Crippen molar-refractivity contribution in [1.82, 2.24) is 15.5 Å². The number of rotatable bonds is 5. The van der Waals surface area contributed by atoms with Crippen LogP contribution in [0.5, 0.6) is 0 Å². The van der Waals surface area contributed by atoms with Gasteiger partial charge in [0.25, 0.3) is 0 Å². The monoisotopic (exact) mass is 376 g/mol. The van der Waals surface area contributed by atoms with Crippen molar-refractivity contribution in [1.29, 1.82) is 0 Å². The second-order valence-corrected chi connectivity index (χ2v) is 6.15. The molecule has 1 heterocycles. The lowest BCUT2D eigenvalue weighted by molar-refractivity contribution is -0.139. The largest absolute Gasteiger partial charge is 0.463 e. The van der Waals surface area contributed by atoms with Gasteiger partial charge in [0.15, 0.2) is 5.11 Å². The van der Waals surface area contributed by atoms with Crippen LogP contribution in [0.2, 0.25) is 0 Å². The van der Waals surface area contributed by atoms with Crippen LogP contribution in [0.3, 0.4) is 0 Å². The van der Waals surface area contributed by atoms with Gasteiger partial charge in [-0.1, -0.05) is 12.1 Å². The zero-order valence-electron chi connectivity index (χ0n) is 15.4. The molecule has 26 heavy (non-hydrogen) atoms. The van der Waals surface area contributed by atoms with Crippen LogP contribution in [0.1, 0.15) is 32.4 Å². The minimum atomic E-state index is -0.406. The Balaban J connectivity index is 2.30. The summed E-state index contributed by atoms with van der Waals surface area (Å²) in [6.45, 7) is 6.31. The molecule has 1 atom stereocenters. The fraction of sp³-hybridized carbons (Fsp3) is 0.389. The van der Waals surface area contributed by atoms with Crippen molar-refractivity contribution in [2.75, 3.05) is 25.5 Å². The van der Waals surface area contributed by atoms with E-state index in [1.807, 2.05) is 26.0 Å². The number of hydrogen-bond donors (Lipinski definition) is 3. The summed E-state index contributed by atoms with van der Waals surface area (Å²) in [6.07, 6.45) is 0. The maximum atomic E-state index is 12.5. The molecule has 1 aliphatic rings. The Morgan fingerprint density at radius 2 is 1.92 bits per heavy atom. The molecule has 0 bridgehead atoms. The van der Waals surface area contributed by atoms with Crippen molar-refractivity contribution in [2.45, 2.75) is 26.8 Å². The third-order valence-electron chi connectivity index (χ3n) is 4.09. The molecular formula is C18H24N4O3S. The van der Waals surface area contributed by atoms with Crippen LogP contribution in [-0.2, 0) is 9.53 Å². The van der Waals surface area contributed by atoms with Crippen LogP contribution < -0.4 is 16.0 Å².